The molecule has 2 saturated heterocycles. The first-order valence-electron chi connectivity index (χ1n) is 12.2. The Labute approximate surface area is 198 Å². The molecule has 0 spiro atoms. The number of anilines is 1. The highest BCUT2D eigenvalue weighted by Crippen LogP contribution is 2.45. The van der Waals surface area contributed by atoms with E-state index < -0.39 is 5.97 Å². The van der Waals surface area contributed by atoms with Crippen molar-refractivity contribution < 1.29 is 19.2 Å². The zero-order valence-electron chi connectivity index (χ0n) is 19.3. The molecule has 2 unspecified atom stereocenters. The summed E-state index contributed by atoms with van der Waals surface area (Å²) in [6.07, 6.45) is 8.11. The Balaban J connectivity index is 1.17. The van der Waals surface area contributed by atoms with Gasteiger partial charge in [-0.1, -0.05) is 35.5 Å². The minimum Gasteiger partial charge on any atom is -0.478 e. The molecule has 1 saturated carbocycles. The summed E-state index contributed by atoms with van der Waals surface area (Å²) in [6, 6.07) is 12.9. The summed E-state index contributed by atoms with van der Waals surface area (Å²) in [5.41, 5.74) is 4.09. The number of piperidine rings is 1. The van der Waals surface area contributed by atoms with Crippen molar-refractivity contribution in [1.29, 1.82) is 0 Å². The third-order valence-corrected chi connectivity index (χ3v) is 7.56. The van der Waals surface area contributed by atoms with Crippen LogP contribution in [0.15, 0.2) is 47.1 Å². The fourth-order valence-electron chi connectivity index (χ4n) is 5.70. The molecule has 0 radical (unpaired) electrons. The number of pyridine rings is 1. The molecule has 2 bridgehead atoms. The first kappa shape index (κ1) is 21.4. The molecular weight excluding hydrogens is 430 g/mol. The lowest BCUT2D eigenvalue weighted by Gasteiger charge is -2.39. The van der Waals surface area contributed by atoms with Gasteiger partial charge in [0.1, 0.15) is 17.3 Å². The van der Waals surface area contributed by atoms with Crippen LogP contribution in [0.1, 0.15) is 71.7 Å². The second-order valence-electron chi connectivity index (χ2n) is 9.87. The highest BCUT2D eigenvalue weighted by atomic mass is 16.5. The van der Waals surface area contributed by atoms with Crippen LogP contribution in [0.2, 0.25) is 0 Å². The molecule has 0 amide bonds. The molecule has 4 heterocycles. The number of nitrogens with zero attached hydrogens (tertiary/aromatic N) is 3. The van der Waals surface area contributed by atoms with Gasteiger partial charge < -0.3 is 19.3 Å². The Morgan fingerprint density at radius 1 is 1.15 bits per heavy atom. The third kappa shape index (κ3) is 3.88. The van der Waals surface area contributed by atoms with Crippen molar-refractivity contribution in [2.45, 2.75) is 76.2 Å². The van der Waals surface area contributed by atoms with Crippen LogP contribution in [0.5, 0.6) is 0 Å². The summed E-state index contributed by atoms with van der Waals surface area (Å²) in [5, 5.41) is 13.7. The van der Waals surface area contributed by atoms with E-state index in [4.69, 9.17) is 9.26 Å². The Morgan fingerprint density at radius 2 is 1.88 bits per heavy atom. The van der Waals surface area contributed by atoms with Gasteiger partial charge in [0.2, 0.25) is 0 Å². The molecule has 1 N–H and O–H groups in total. The van der Waals surface area contributed by atoms with Gasteiger partial charge in [0.25, 0.3) is 0 Å². The summed E-state index contributed by atoms with van der Waals surface area (Å²) in [5.74, 6) is 1.43. The first-order valence-corrected chi connectivity index (χ1v) is 12.2. The van der Waals surface area contributed by atoms with Gasteiger partial charge in [-0.25, -0.2) is 9.78 Å². The number of hydrogen-bond acceptors (Lipinski definition) is 6. The van der Waals surface area contributed by atoms with Gasteiger partial charge in [0, 0.05) is 35.3 Å². The van der Waals surface area contributed by atoms with Crippen LogP contribution in [0.3, 0.4) is 0 Å². The van der Waals surface area contributed by atoms with E-state index >= 15 is 0 Å². The normalized spacial score (nSPS) is 23.9. The van der Waals surface area contributed by atoms with E-state index in [1.807, 2.05) is 31.2 Å². The van der Waals surface area contributed by atoms with Crippen molar-refractivity contribution in [3.05, 3.63) is 65.0 Å². The number of ether oxygens (including phenoxy) is 1. The number of aromatic carboxylic acids is 1. The number of carboxylic acids is 1. The monoisotopic (exact) mass is 459 g/mol. The molecule has 3 fully saturated rings. The number of hydrogen-bond donors (Lipinski definition) is 1. The molecule has 3 aromatic rings. The van der Waals surface area contributed by atoms with E-state index in [0.717, 1.165) is 72.5 Å². The average Bonchev–Trinajstić information content (AvgIpc) is 3.54. The standard InChI is InChI=1S/C27H29N3O4/c1-16-11-24(28-14-22(16)27(31)32)30-19-9-10-20(30)13-21(12-19)33-15-23-25(17-5-3-2-4-6-17)29-34-26(23)18-7-8-18/h2-6,11,14,18-21H,7-10,12-13,15H2,1H3,(H,31,32)/t19-,20?,21?/m0/s1. The number of carbonyl (C=O) groups is 1. The van der Waals surface area contributed by atoms with Gasteiger partial charge in [-0.15, -0.1) is 0 Å². The second-order valence-corrected chi connectivity index (χ2v) is 9.87. The van der Waals surface area contributed by atoms with E-state index in [1.165, 1.54) is 6.20 Å². The minimum atomic E-state index is -0.930. The van der Waals surface area contributed by atoms with E-state index in [-0.39, 0.29) is 11.7 Å². The Bertz CT molecular complexity index is 1190. The van der Waals surface area contributed by atoms with E-state index in [2.05, 4.69) is 27.2 Å². The maximum Gasteiger partial charge on any atom is 0.337 e. The summed E-state index contributed by atoms with van der Waals surface area (Å²) in [4.78, 5) is 18.3. The first-order chi connectivity index (χ1) is 16.6. The van der Waals surface area contributed by atoms with Crippen LogP contribution in [0.4, 0.5) is 5.82 Å². The van der Waals surface area contributed by atoms with E-state index in [9.17, 15) is 9.90 Å². The van der Waals surface area contributed by atoms with Crippen molar-refractivity contribution in [2.24, 2.45) is 0 Å². The average molecular weight is 460 g/mol. The fourth-order valence-corrected chi connectivity index (χ4v) is 5.70. The molecule has 176 valence electrons. The summed E-state index contributed by atoms with van der Waals surface area (Å²) in [7, 11) is 0. The van der Waals surface area contributed by atoms with Crippen LogP contribution < -0.4 is 4.90 Å². The lowest BCUT2D eigenvalue weighted by atomic mass is 9.99. The van der Waals surface area contributed by atoms with Gasteiger partial charge in [-0.2, -0.15) is 0 Å². The zero-order valence-corrected chi connectivity index (χ0v) is 19.3. The highest BCUT2D eigenvalue weighted by Gasteiger charge is 2.42. The number of benzene rings is 1. The molecule has 3 aliphatic rings. The Hall–Kier alpha value is -3.19. The third-order valence-electron chi connectivity index (χ3n) is 7.56. The number of rotatable bonds is 7. The predicted molar refractivity (Wildman–Crippen MR) is 127 cm³/mol. The molecule has 2 aliphatic heterocycles. The molecule has 7 heteroatoms. The van der Waals surface area contributed by atoms with Crippen LogP contribution in [-0.4, -0.2) is 39.4 Å². The number of carboxylic acid groups (broad SMARTS) is 1. The SMILES string of the molecule is Cc1cc(N2C3CC[C@H]2CC(OCc2c(-c4ccccc4)noc2C2CC2)C3)ncc1C(=O)O. The van der Waals surface area contributed by atoms with Crippen molar-refractivity contribution in [2.75, 3.05) is 4.90 Å². The maximum absolute atomic E-state index is 11.4. The smallest absolute Gasteiger partial charge is 0.337 e. The topological polar surface area (TPSA) is 88.7 Å². The molecule has 6 rings (SSSR count). The largest absolute Gasteiger partial charge is 0.478 e. The van der Waals surface area contributed by atoms with Crippen molar-refractivity contribution >= 4 is 11.8 Å². The second kappa shape index (κ2) is 8.55. The van der Waals surface area contributed by atoms with Gasteiger partial charge in [0.15, 0.2) is 0 Å². The Morgan fingerprint density at radius 3 is 2.53 bits per heavy atom. The molecule has 1 aromatic carbocycles. The van der Waals surface area contributed by atoms with Gasteiger partial charge >= 0.3 is 5.97 Å². The number of fused-ring (bicyclic) bond motifs is 2. The van der Waals surface area contributed by atoms with Gasteiger partial charge in [-0.05, 0) is 57.1 Å². The van der Waals surface area contributed by atoms with Gasteiger partial charge in [0.05, 0.1) is 18.3 Å². The van der Waals surface area contributed by atoms with E-state index in [1.54, 1.807) is 0 Å². The van der Waals surface area contributed by atoms with Crippen molar-refractivity contribution in [3.8, 4) is 11.3 Å². The maximum atomic E-state index is 11.4. The van der Waals surface area contributed by atoms with Crippen LogP contribution in [0.25, 0.3) is 11.3 Å². The summed E-state index contributed by atoms with van der Waals surface area (Å²) in [6.45, 7) is 2.36. The lowest BCUT2D eigenvalue weighted by molar-refractivity contribution is 0.0146. The van der Waals surface area contributed by atoms with Crippen LogP contribution in [0, 0.1) is 6.92 Å². The molecular formula is C27H29N3O4. The molecule has 1 aliphatic carbocycles. The number of aryl methyl sites for hydroxylation is 1. The van der Waals surface area contributed by atoms with Gasteiger partial charge in [-0.3, -0.25) is 0 Å². The quantitative estimate of drug-likeness (QED) is 0.510. The molecule has 3 atom stereocenters. The number of aromatic nitrogens is 2. The molecule has 2 aromatic heterocycles. The van der Waals surface area contributed by atoms with E-state index in [0.29, 0.717) is 24.6 Å². The lowest BCUT2D eigenvalue weighted by Crippen LogP contribution is -2.46. The van der Waals surface area contributed by atoms with Crippen LogP contribution in [-0.2, 0) is 11.3 Å². The fraction of sp³-hybridized carbons (Fsp3) is 0.444. The minimum absolute atomic E-state index is 0.179. The summed E-state index contributed by atoms with van der Waals surface area (Å²) < 4.78 is 12.3. The Kier molecular flexibility index (Phi) is 5.37. The molecule has 7 nitrogen and oxygen atoms in total. The highest BCUT2D eigenvalue weighted by molar-refractivity contribution is 5.89. The van der Waals surface area contributed by atoms with Crippen LogP contribution >= 0.6 is 0 Å². The van der Waals surface area contributed by atoms with Crippen molar-refractivity contribution in [3.63, 3.8) is 0 Å². The zero-order chi connectivity index (χ0) is 23.2. The predicted octanol–water partition coefficient (Wildman–Crippen LogP) is 5.34. The summed E-state index contributed by atoms with van der Waals surface area (Å²) >= 11 is 0. The van der Waals surface area contributed by atoms with Crippen molar-refractivity contribution in [1.82, 2.24) is 10.1 Å². The molecule has 34 heavy (non-hydrogen) atoms.